The molecule has 212 valence electrons. The number of hydrogen-bond donors (Lipinski definition) is 4. The van der Waals surface area contributed by atoms with Gasteiger partial charge in [-0.15, -0.1) is 0 Å². The molecule has 13 nitrogen and oxygen atoms in total. The van der Waals surface area contributed by atoms with Crippen LogP contribution in [-0.2, 0) is 14.4 Å². The summed E-state index contributed by atoms with van der Waals surface area (Å²) in [5, 5.41) is 33.7. The van der Waals surface area contributed by atoms with E-state index in [9.17, 15) is 24.8 Å². The molecule has 2 fully saturated rings. The molecular weight excluding hydrogens is 520 g/mol. The van der Waals surface area contributed by atoms with Crippen LogP contribution < -0.4 is 20.5 Å². The Hall–Kier alpha value is -4.33. The molecule has 0 saturated carbocycles. The number of anilines is 3. The standard InChI is InChI=1S/C25H28N6O5.C2H4O2/c1-16(32)22-11-10-21-23(30(22)27-17-2-4-20(5-3-17)31(35)36)25(34)29(24(21)33)19-8-6-18(7-9-19)28-14-12-26-13-15-28;1-2(3)4/h2-11,16,21-23,26-27,32H,12-15H2,1H3;1H3,(H,3,4)/t16-,21?,22?,23+;/m1./s1. The average molecular weight is 553 g/mol. The molecule has 40 heavy (non-hydrogen) atoms. The zero-order valence-corrected chi connectivity index (χ0v) is 22.1. The van der Waals surface area contributed by atoms with E-state index < -0.39 is 40.9 Å². The number of rotatable bonds is 6. The second-order valence-corrected chi connectivity index (χ2v) is 9.69. The van der Waals surface area contributed by atoms with Crippen LogP contribution in [0, 0.1) is 16.0 Å². The third-order valence-corrected chi connectivity index (χ3v) is 6.88. The van der Waals surface area contributed by atoms with Crippen LogP contribution in [0.1, 0.15) is 13.8 Å². The topological polar surface area (TPSA) is 169 Å². The maximum Gasteiger partial charge on any atom is 0.300 e. The smallest absolute Gasteiger partial charge is 0.300 e. The van der Waals surface area contributed by atoms with Crippen molar-refractivity contribution in [3.63, 3.8) is 0 Å². The van der Waals surface area contributed by atoms with Crippen molar-refractivity contribution in [2.24, 2.45) is 5.92 Å². The molecule has 13 heteroatoms. The van der Waals surface area contributed by atoms with Crippen LogP contribution in [0.25, 0.3) is 0 Å². The van der Waals surface area contributed by atoms with Crippen LogP contribution in [-0.4, -0.2) is 82.3 Å². The van der Waals surface area contributed by atoms with E-state index in [0.717, 1.165) is 38.8 Å². The molecule has 2 aromatic carbocycles. The SMILES string of the molecule is CC(=O)O.C[C@@H](O)C1C=CC2C(=O)N(c3ccc(N4CCNCC4)cc3)C(=O)[C@H]2N1Nc1ccc([N+](=O)[O-])cc1. The van der Waals surface area contributed by atoms with E-state index in [2.05, 4.69) is 15.6 Å². The van der Waals surface area contributed by atoms with Gasteiger partial charge in [0.05, 0.1) is 28.7 Å². The van der Waals surface area contributed by atoms with Crippen molar-refractivity contribution < 1.29 is 29.5 Å². The minimum Gasteiger partial charge on any atom is -0.481 e. The van der Waals surface area contributed by atoms with Gasteiger partial charge in [0.15, 0.2) is 0 Å². The summed E-state index contributed by atoms with van der Waals surface area (Å²) in [7, 11) is 0. The molecule has 0 radical (unpaired) electrons. The number of nitro groups is 1. The van der Waals surface area contributed by atoms with Crippen LogP contribution in [0.5, 0.6) is 0 Å². The van der Waals surface area contributed by atoms with Crippen LogP contribution in [0.4, 0.5) is 22.7 Å². The van der Waals surface area contributed by atoms with E-state index in [1.807, 2.05) is 12.1 Å². The van der Waals surface area contributed by atoms with Crippen LogP contribution >= 0.6 is 0 Å². The molecule has 0 bridgehead atoms. The number of hydrazine groups is 1. The summed E-state index contributed by atoms with van der Waals surface area (Å²) in [5.41, 5.74) is 5.08. The lowest BCUT2D eigenvalue weighted by Gasteiger charge is -2.39. The summed E-state index contributed by atoms with van der Waals surface area (Å²) in [5.74, 6) is -2.30. The first kappa shape index (κ1) is 28.7. The van der Waals surface area contributed by atoms with E-state index >= 15 is 0 Å². The Labute approximate surface area is 230 Å². The number of aliphatic hydroxyl groups is 1. The number of aliphatic carboxylic acids is 1. The predicted molar refractivity (Wildman–Crippen MR) is 148 cm³/mol. The van der Waals surface area contributed by atoms with Gasteiger partial charge in [-0.2, -0.15) is 0 Å². The minimum atomic E-state index is -0.884. The first-order valence-corrected chi connectivity index (χ1v) is 12.9. The Balaban J connectivity index is 0.000000867. The lowest BCUT2D eigenvalue weighted by molar-refractivity contribution is -0.384. The number of nitrogens with zero attached hydrogens (tertiary/aromatic N) is 4. The summed E-state index contributed by atoms with van der Waals surface area (Å²) < 4.78 is 0. The second kappa shape index (κ2) is 12.2. The number of carbonyl (C=O) groups is 3. The first-order valence-electron chi connectivity index (χ1n) is 12.9. The third kappa shape index (κ3) is 6.11. The molecule has 5 rings (SSSR count). The van der Waals surface area contributed by atoms with Gasteiger partial charge < -0.3 is 25.9 Å². The molecule has 3 aliphatic heterocycles. The normalized spacial score (nSPS) is 23.2. The van der Waals surface area contributed by atoms with Gasteiger partial charge in [-0.1, -0.05) is 12.2 Å². The van der Waals surface area contributed by atoms with E-state index in [4.69, 9.17) is 9.90 Å². The van der Waals surface area contributed by atoms with Crippen molar-refractivity contribution in [1.82, 2.24) is 10.3 Å². The van der Waals surface area contributed by atoms with Crippen molar-refractivity contribution in [2.75, 3.05) is 41.4 Å². The van der Waals surface area contributed by atoms with Crippen molar-refractivity contribution >= 4 is 40.5 Å². The fourth-order valence-corrected chi connectivity index (χ4v) is 5.00. The zero-order chi connectivity index (χ0) is 29.0. The fourth-order valence-electron chi connectivity index (χ4n) is 5.00. The predicted octanol–water partition coefficient (Wildman–Crippen LogP) is 1.60. The summed E-state index contributed by atoms with van der Waals surface area (Å²) in [6.07, 6.45) is 2.56. The molecule has 4 N–H and O–H groups in total. The van der Waals surface area contributed by atoms with Gasteiger partial charge in [-0.25, -0.2) is 9.91 Å². The molecule has 4 atom stereocenters. The molecule has 0 spiro atoms. The number of amides is 2. The molecule has 2 aromatic rings. The summed E-state index contributed by atoms with van der Waals surface area (Å²) in [6.45, 7) is 6.28. The Morgan fingerprint density at radius 1 is 1.02 bits per heavy atom. The molecule has 2 unspecified atom stereocenters. The number of piperazine rings is 1. The third-order valence-electron chi connectivity index (χ3n) is 6.88. The largest absolute Gasteiger partial charge is 0.481 e. The number of non-ortho nitro benzene ring substituents is 1. The van der Waals surface area contributed by atoms with Crippen LogP contribution in [0.2, 0.25) is 0 Å². The van der Waals surface area contributed by atoms with Gasteiger partial charge in [0.25, 0.3) is 17.6 Å². The number of aliphatic hydroxyl groups excluding tert-OH is 1. The Morgan fingerprint density at radius 2 is 1.60 bits per heavy atom. The van der Waals surface area contributed by atoms with Gasteiger partial charge in [-0.3, -0.25) is 24.5 Å². The number of carboxylic acid groups (broad SMARTS) is 1. The maximum absolute atomic E-state index is 13.6. The molecule has 2 saturated heterocycles. The van der Waals surface area contributed by atoms with Crippen molar-refractivity contribution in [3.05, 3.63) is 70.8 Å². The van der Waals surface area contributed by atoms with E-state index in [-0.39, 0.29) is 11.6 Å². The molecule has 2 amide bonds. The minimum absolute atomic E-state index is 0.0633. The highest BCUT2D eigenvalue weighted by molar-refractivity contribution is 6.24. The number of fused-ring (bicyclic) bond motifs is 1. The van der Waals surface area contributed by atoms with Gasteiger partial charge in [0.2, 0.25) is 5.91 Å². The van der Waals surface area contributed by atoms with Crippen molar-refractivity contribution in [1.29, 1.82) is 0 Å². The lowest BCUT2D eigenvalue weighted by atomic mass is 9.93. The van der Waals surface area contributed by atoms with E-state index in [1.54, 1.807) is 36.2 Å². The van der Waals surface area contributed by atoms with E-state index in [1.165, 1.54) is 29.2 Å². The molecule has 0 aliphatic carbocycles. The highest BCUT2D eigenvalue weighted by Gasteiger charge is 2.53. The van der Waals surface area contributed by atoms with Gasteiger partial charge in [0.1, 0.15) is 6.04 Å². The number of nitro benzene ring substituents is 1. The van der Waals surface area contributed by atoms with Gasteiger partial charge in [-0.05, 0) is 43.3 Å². The van der Waals surface area contributed by atoms with Gasteiger partial charge in [0, 0.05) is 56.6 Å². The summed E-state index contributed by atoms with van der Waals surface area (Å²) >= 11 is 0. The van der Waals surface area contributed by atoms with Crippen molar-refractivity contribution in [2.45, 2.75) is 32.0 Å². The molecule has 3 heterocycles. The Bertz CT molecular complexity index is 1270. The highest BCUT2D eigenvalue weighted by Crippen LogP contribution is 2.36. The lowest BCUT2D eigenvalue weighted by Crippen LogP contribution is -2.57. The fraction of sp³-hybridized carbons (Fsp3) is 0.370. The summed E-state index contributed by atoms with van der Waals surface area (Å²) in [4.78, 5) is 50.0. The quantitative estimate of drug-likeness (QED) is 0.178. The Morgan fingerprint density at radius 3 is 2.15 bits per heavy atom. The molecule has 0 aromatic heterocycles. The molecule has 3 aliphatic rings. The van der Waals surface area contributed by atoms with Gasteiger partial charge >= 0.3 is 0 Å². The number of hydrogen-bond acceptors (Lipinski definition) is 10. The zero-order valence-electron chi connectivity index (χ0n) is 22.1. The average Bonchev–Trinajstić information content (AvgIpc) is 3.19. The number of carboxylic acids is 1. The Kier molecular flexibility index (Phi) is 8.77. The van der Waals surface area contributed by atoms with E-state index in [0.29, 0.717) is 11.4 Å². The first-order chi connectivity index (χ1) is 19.1. The number of benzene rings is 2. The monoisotopic (exact) mass is 552 g/mol. The molecular formula is C27H32N6O7. The maximum atomic E-state index is 13.6. The number of nitrogens with one attached hydrogen (secondary N) is 2. The second-order valence-electron chi connectivity index (χ2n) is 9.69. The van der Waals surface area contributed by atoms with Crippen molar-refractivity contribution in [3.8, 4) is 0 Å². The van der Waals surface area contributed by atoms with Crippen LogP contribution in [0.3, 0.4) is 0 Å². The summed E-state index contributed by atoms with van der Waals surface area (Å²) in [6, 6.07) is 11.7. The highest BCUT2D eigenvalue weighted by atomic mass is 16.6. The number of carbonyl (C=O) groups excluding carboxylic acids is 2. The number of imide groups is 1. The van der Waals surface area contributed by atoms with Crippen LogP contribution in [0.15, 0.2) is 60.7 Å².